The molecule has 2 aliphatic rings. The van der Waals surface area contributed by atoms with Gasteiger partial charge in [-0.3, -0.25) is 0 Å². The molecule has 0 amide bonds. The van der Waals surface area contributed by atoms with Crippen LogP contribution in [0.3, 0.4) is 0 Å². The lowest BCUT2D eigenvalue weighted by atomic mass is 10.0. The molecule has 26 heavy (non-hydrogen) atoms. The molecule has 4 rings (SSSR count). The van der Waals surface area contributed by atoms with Crippen molar-refractivity contribution in [1.82, 2.24) is 0 Å². The Morgan fingerprint density at radius 1 is 0.654 bits per heavy atom. The van der Waals surface area contributed by atoms with Gasteiger partial charge in [0.15, 0.2) is 23.0 Å². The number of rotatable bonds is 2. The van der Waals surface area contributed by atoms with Crippen molar-refractivity contribution in [1.29, 1.82) is 0 Å². The second-order valence-electron chi connectivity index (χ2n) is 7.08. The number of hydrogen-bond acceptors (Lipinski definition) is 4. The maximum atomic E-state index is 5.59. The van der Waals surface area contributed by atoms with Crippen molar-refractivity contribution in [3.05, 3.63) is 47.5 Å². The molecule has 0 N–H and O–H groups in total. The van der Waals surface area contributed by atoms with E-state index in [1.165, 1.54) is 11.1 Å². The molecular formula is C22H28O4. The van der Waals surface area contributed by atoms with Gasteiger partial charge in [-0.15, -0.1) is 0 Å². The Labute approximate surface area is 156 Å². The van der Waals surface area contributed by atoms with Crippen molar-refractivity contribution in [3.8, 4) is 23.0 Å². The first-order valence-corrected chi connectivity index (χ1v) is 9.34. The van der Waals surface area contributed by atoms with E-state index >= 15 is 0 Å². The smallest absolute Gasteiger partial charge is 0.164 e. The molecule has 4 heteroatoms. The summed E-state index contributed by atoms with van der Waals surface area (Å²) < 4.78 is 22.0. The molecule has 140 valence electrons. The molecule has 0 atom stereocenters. The predicted octanol–water partition coefficient (Wildman–Crippen LogP) is 5.16. The fourth-order valence-corrected chi connectivity index (χ4v) is 2.97. The maximum absolute atomic E-state index is 5.59. The predicted molar refractivity (Wildman–Crippen MR) is 103 cm³/mol. The topological polar surface area (TPSA) is 36.9 Å². The first-order valence-electron chi connectivity index (χ1n) is 9.34. The van der Waals surface area contributed by atoms with Gasteiger partial charge in [-0.1, -0.05) is 45.9 Å². The number of para-hydroxylation sites is 1. The van der Waals surface area contributed by atoms with Crippen molar-refractivity contribution in [2.75, 3.05) is 26.4 Å². The summed E-state index contributed by atoms with van der Waals surface area (Å²) in [5.41, 5.74) is 2.53. The molecule has 0 aliphatic carbocycles. The molecule has 0 spiro atoms. The van der Waals surface area contributed by atoms with Gasteiger partial charge < -0.3 is 18.9 Å². The lowest BCUT2D eigenvalue weighted by molar-refractivity contribution is 0.169. The largest absolute Gasteiger partial charge is 0.486 e. The first-order chi connectivity index (χ1) is 12.6. The Bertz CT molecular complexity index is 735. The molecule has 0 bridgehead atoms. The third kappa shape index (κ3) is 4.24. The summed E-state index contributed by atoms with van der Waals surface area (Å²) in [6.07, 6.45) is 0. The van der Waals surface area contributed by atoms with Gasteiger partial charge in [0.2, 0.25) is 0 Å². The van der Waals surface area contributed by atoms with E-state index in [9.17, 15) is 0 Å². The molecule has 4 nitrogen and oxygen atoms in total. The summed E-state index contributed by atoms with van der Waals surface area (Å²) in [7, 11) is 0. The molecule has 2 aromatic carbocycles. The molecule has 0 fully saturated rings. The van der Waals surface area contributed by atoms with E-state index in [4.69, 9.17) is 18.9 Å². The molecule has 2 aromatic rings. The molecule has 0 saturated carbocycles. The van der Waals surface area contributed by atoms with E-state index in [0.29, 0.717) is 38.3 Å². The summed E-state index contributed by atoms with van der Waals surface area (Å²) in [4.78, 5) is 0. The van der Waals surface area contributed by atoms with Crippen LogP contribution in [-0.2, 0) is 0 Å². The van der Waals surface area contributed by atoms with Crippen LogP contribution in [0.25, 0.3) is 0 Å². The highest BCUT2D eigenvalue weighted by Crippen LogP contribution is 2.37. The van der Waals surface area contributed by atoms with Gasteiger partial charge in [-0.05, 0) is 35.6 Å². The quantitative estimate of drug-likeness (QED) is 0.744. The average Bonchev–Trinajstić information content (AvgIpc) is 2.67. The summed E-state index contributed by atoms with van der Waals surface area (Å²) in [5.74, 6) is 4.60. The van der Waals surface area contributed by atoms with E-state index in [-0.39, 0.29) is 0 Å². The third-order valence-corrected chi connectivity index (χ3v) is 4.45. The van der Waals surface area contributed by atoms with Crippen molar-refractivity contribution in [2.24, 2.45) is 0 Å². The number of benzene rings is 2. The number of fused-ring (bicyclic) bond motifs is 2. The minimum atomic E-state index is 0.483. The van der Waals surface area contributed by atoms with Crippen LogP contribution in [0.4, 0.5) is 0 Å². The van der Waals surface area contributed by atoms with E-state index in [1.54, 1.807) is 0 Å². The lowest BCUT2D eigenvalue weighted by Crippen LogP contribution is -2.16. The molecule has 0 saturated heterocycles. The monoisotopic (exact) mass is 356 g/mol. The van der Waals surface area contributed by atoms with Crippen molar-refractivity contribution < 1.29 is 18.9 Å². The summed E-state index contributed by atoms with van der Waals surface area (Å²) in [6.45, 7) is 11.3. The van der Waals surface area contributed by atoms with E-state index < -0.39 is 0 Å². The molecular weight excluding hydrogens is 328 g/mol. The normalized spacial score (nSPS) is 14.7. The molecule has 2 heterocycles. The van der Waals surface area contributed by atoms with Crippen LogP contribution in [0.15, 0.2) is 36.4 Å². The molecule has 0 unspecified atom stereocenters. The highest BCUT2D eigenvalue weighted by molar-refractivity contribution is 5.48. The second kappa shape index (κ2) is 8.35. The Morgan fingerprint density at radius 2 is 1.31 bits per heavy atom. The zero-order chi connectivity index (χ0) is 18.5. The molecule has 2 aliphatic heterocycles. The van der Waals surface area contributed by atoms with Crippen LogP contribution >= 0.6 is 0 Å². The highest BCUT2D eigenvalue weighted by atomic mass is 16.6. The van der Waals surface area contributed by atoms with Gasteiger partial charge in [0, 0.05) is 5.56 Å². The fourth-order valence-electron chi connectivity index (χ4n) is 2.97. The minimum absolute atomic E-state index is 0.483. The average molecular weight is 356 g/mol. The number of hydrogen-bond donors (Lipinski definition) is 0. The summed E-state index contributed by atoms with van der Waals surface area (Å²) >= 11 is 0. The van der Waals surface area contributed by atoms with Gasteiger partial charge in [0.1, 0.15) is 26.4 Å². The SMILES string of the molecule is CC(C)c1ccc2c(c1)OCCO2.CC(C)c1cccc2c1OCCO2. The molecule has 0 aromatic heterocycles. The van der Waals surface area contributed by atoms with Gasteiger partial charge in [-0.25, -0.2) is 0 Å². The Hall–Kier alpha value is -2.36. The second-order valence-corrected chi connectivity index (χ2v) is 7.08. The third-order valence-electron chi connectivity index (χ3n) is 4.45. The zero-order valence-corrected chi connectivity index (χ0v) is 16.1. The fraction of sp³-hybridized carbons (Fsp3) is 0.455. The van der Waals surface area contributed by atoms with E-state index in [0.717, 1.165) is 23.0 Å². The Morgan fingerprint density at radius 3 is 2.00 bits per heavy atom. The standard InChI is InChI=1S/2C11H14O2/c1-8(2)9-3-4-10-11(7-9)13-6-5-12-10;1-8(2)9-4-3-5-10-11(9)13-7-6-12-10/h3-4,7-8H,5-6H2,1-2H3;3-5,8H,6-7H2,1-2H3. The lowest BCUT2D eigenvalue weighted by Gasteiger charge is -2.22. The molecule has 0 radical (unpaired) electrons. The Kier molecular flexibility index (Phi) is 5.92. The van der Waals surface area contributed by atoms with Crippen LogP contribution in [0, 0.1) is 0 Å². The van der Waals surface area contributed by atoms with E-state index in [1.807, 2.05) is 18.2 Å². The van der Waals surface area contributed by atoms with Crippen molar-refractivity contribution in [2.45, 2.75) is 39.5 Å². The van der Waals surface area contributed by atoms with Gasteiger partial charge >= 0.3 is 0 Å². The maximum Gasteiger partial charge on any atom is 0.164 e. The number of ether oxygens (including phenoxy) is 4. The van der Waals surface area contributed by atoms with Crippen molar-refractivity contribution >= 4 is 0 Å². The minimum Gasteiger partial charge on any atom is -0.486 e. The van der Waals surface area contributed by atoms with Gasteiger partial charge in [0.25, 0.3) is 0 Å². The highest BCUT2D eigenvalue weighted by Gasteiger charge is 2.16. The van der Waals surface area contributed by atoms with Crippen molar-refractivity contribution in [3.63, 3.8) is 0 Å². The first kappa shape index (κ1) is 18.4. The van der Waals surface area contributed by atoms with Crippen LogP contribution in [0.5, 0.6) is 23.0 Å². The summed E-state index contributed by atoms with van der Waals surface area (Å²) in [5, 5.41) is 0. The summed E-state index contributed by atoms with van der Waals surface area (Å²) in [6, 6.07) is 12.2. The van der Waals surface area contributed by atoms with Crippen LogP contribution in [0.1, 0.15) is 50.7 Å². The Balaban J connectivity index is 0.000000151. The van der Waals surface area contributed by atoms with Crippen LogP contribution in [-0.4, -0.2) is 26.4 Å². The van der Waals surface area contributed by atoms with Crippen LogP contribution < -0.4 is 18.9 Å². The van der Waals surface area contributed by atoms with E-state index in [2.05, 4.69) is 45.9 Å². The zero-order valence-electron chi connectivity index (χ0n) is 16.1. The van der Waals surface area contributed by atoms with Gasteiger partial charge in [-0.2, -0.15) is 0 Å². The van der Waals surface area contributed by atoms with Gasteiger partial charge in [0.05, 0.1) is 0 Å². The van der Waals surface area contributed by atoms with Crippen LogP contribution in [0.2, 0.25) is 0 Å².